The summed E-state index contributed by atoms with van der Waals surface area (Å²) in [5.74, 6) is 2.19. The number of likely N-dealkylation sites (tertiary alicyclic amines) is 2. The van der Waals surface area contributed by atoms with Crippen LogP contribution in [0.25, 0.3) is 0 Å². The van der Waals surface area contributed by atoms with Gasteiger partial charge >= 0.3 is 0 Å². The maximum atomic E-state index is 13.1. The fraction of sp³-hybridized carbons (Fsp3) is 0.619. The van der Waals surface area contributed by atoms with Gasteiger partial charge in [-0.3, -0.25) is 9.59 Å². The topological polar surface area (TPSA) is 68.3 Å². The lowest BCUT2D eigenvalue weighted by atomic mass is 9.98. The molecule has 1 aromatic rings. The van der Waals surface area contributed by atoms with Gasteiger partial charge in [0.05, 0.1) is 0 Å². The highest BCUT2D eigenvalue weighted by Crippen LogP contribution is 2.35. The molecule has 0 radical (unpaired) electrons. The average Bonchev–Trinajstić information content (AvgIpc) is 3.34. The van der Waals surface area contributed by atoms with Crippen LogP contribution in [0.1, 0.15) is 45.4 Å². The van der Waals surface area contributed by atoms with E-state index >= 15 is 0 Å². The molecule has 2 saturated heterocycles. The molecule has 4 rings (SSSR count). The molecule has 0 bridgehead atoms. The number of ether oxygens (including phenoxy) is 3. The summed E-state index contributed by atoms with van der Waals surface area (Å²) in [6.45, 7) is 4.35. The summed E-state index contributed by atoms with van der Waals surface area (Å²) in [5, 5.41) is 0. The van der Waals surface area contributed by atoms with Crippen LogP contribution < -0.4 is 14.2 Å². The second kappa shape index (κ2) is 8.29. The fourth-order valence-electron chi connectivity index (χ4n) is 4.27. The van der Waals surface area contributed by atoms with Crippen LogP contribution in [-0.2, 0) is 9.59 Å². The Morgan fingerprint density at radius 3 is 2.89 bits per heavy atom. The second-order valence-electron chi connectivity index (χ2n) is 7.73. The molecule has 7 heteroatoms. The van der Waals surface area contributed by atoms with Crippen LogP contribution in [0.3, 0.4) is 0 Å². The van der Waals surface area contributed by atoms with Crippen molar-refractivity contribution in [1.82, 2.24) is 9.80 Å². The molecule has 0 aliphatic carbocycles. The molecule has 0 aromatic heterocycles. The normalized spacial score (nSPS) is 22.5. The van der Waals surface area contributed by atoms with Crippen LogP contribution in [-0.4, -0.2) is 60.2 Å². The first-order chi connectivity index (χ1) is 13.6. The number of fused-ring (bicyclic) bond motifs is 1. The molecule has 2 amide bonds. The van der Waals surface area contributed by atoms with E-state index in [2.05, 4.69) is 0 Å². The molecule has 0 N–H and O–H groups in total. The Labute approximate surface area is 165 Å². The first-order valence-corrected chi connectivity index (χ1v) is 10.3. The highest BCUT2D eigenvalue weighted by molar-refractivity contribution is 5.81. The van der Waals surface area contributed by atoms with Crippen molar-refractivity contribution in [3.05, 3.63) is 18.2 Å². The van der Waals surface area contributed by atoms with Crippen LogP contribution >= 0.6 is 0 Å². The Balaban J connectivity index is 1.36. The summed E-state index contributed by atoms with van der Waals surface area (Å²) in [6.07, 6.45) is 5.01. The molecule has 3 heterocycles. The van der Waals surface area contributed by atoms with Gasteiger partial charge in [-0.25, -0.2) is 0 Å². The van der Waals surface area contributed by atoms with E-state index in [4.69, 9.17) is 14.2 Å². The van der Waals surface area contributed by atoms with E-state index < -0.39 is 6.10 Å². The minimum absolute atomic E-state index is 0.00937. The minimum atomic E-state index is -0.575. The molecule has 2 fully saturated rings. The van der Waals surface area contributed by atoms with Gasteiger partial charge in [-0.05, 0) is 51.2 Å². The number of hydrogen-bond donors (Lipinski definition) is 0. The molecule has 3 aliphatic heterocycles. The number of carbonyl (C=O) groups excluding carboxylic acids is 2. The molecular formula is C21H28N2O5. The van der Waals surface area contributed by atoms with Gasteiger partial charge in [-0.15, -0.1) is 0 Å². The lowest BCUT2D eigenvalue weighted by Gasteiger charge is -2.38. The van der Waals surface area contributed by atoms with Crippen LogP contribution in [0.4, 0.5) is 0 Å². The predicted octanol–water partition coefficient (Wildman–Crippen LogP) is 2.58. The van der Waals surface area contributed by atoms with Gasteiger partial charge in [0, 0.05) is 38.2 Å². The third kappa shape index (κ3) is 4.03. The van der Waals surface area contributed by atoms with E-state index in [0.717, 1.165) is 51.7 Å². The molecule has 28 heavy (non-hydrogen) atoms. The number of piperidine rings is 1. The molecular weight excluding hydrogens is 360 g/mol. The standard InChI is InChI=1S/C21H28N2O5/c1-15(28-17-7-8-18-19(13-17)27-14-26-18)21(25)23-11-3-2-5-16(23)9-12-22-10-4-6-20(22)24/h7-8,13,15-16H,2-6,9-12,14H2,1H3/t15-,16-/m1/s1. The molecule has 0 saturated carbocycles. The number of carbonyl (C=O) groups is 2. The number of hydrogen-bond acceptors (Lipinski definition) is 5. The van der Waals surface area contributed by atoms with E-state index in [1.165, 1.54) is 0 Å². The van der Waals surface area contributed by atoms with Crippen molar-refractivity contribution >= 4 is 11.8 Å². The monoisotopic (exact) mass is 388 g/mol. The van der Waals surface area contributed by atoms with E-state index in [9.17, 15) is 9.59 Å². The van der Waals surface area contributed by atoms with Gasteiger partial charge in [0.2, 0.25) is 12.7 Å². The van der Waals surface area contributed by atoms with E-state index in [0.29, 0.717) is 23.7 Å². The Kier molecular flexibility index (Phi) is 5.59. The third-order valence-corrected chi connectivity index (χ3v) is 5.82. The number of benzene rings is 1. The second-order valence-corrected chi connectivity index (χ2v) is 7.73. The van der Waals surface area contributed by atoms with E-state index in [-0.39, 0.29) is 24.6 Å². The van der Waals surface area contributed by atoms with Crippen molar-refractivity contribution in [3.8, 4) is 17.2 Å². The SMILES string of the molecule is C[C@@H](Oc1ccc2c(c1)OCO2)C(=O)N1CCCC[C@@H]1CCN1CCCC1=O. The number of nitrogens with zero attached hydrogens (tertiary/aromatic N) is 2. The summed E-state index contributed by atoms with van der Waals surface area (Å²) in [6, 6.07) is 5.53. The van der Waals surface area contributed by atoms with Crippen LogP contribution in [0.15, 0.2) is 18.2 Å². The minimum Gasteiger partial charge on any atom is -0.481 e. The zero-order valence-electron chi connectivity index (χ0n) is 16.4. The van der Waals surface area contributed by atoms with Crippen molar-refractivity contribution in [1.29, 1.82) is 0 Å². The smallest absolute Gasteiger partial charge is 0.263 e. The van der Waals surface area contributed by atoms with E-state index in [1.54, 1.807) is 25.1 Å². The van der Waals surface area contributed by atoms with Gasteiger partial charge in [0.1, 0.15) is 5.75 Å². The predicted molar refractivity (Wildman–Crippen MR) is 102 cm³/mol. The molecule has 7 nitrogen and oxygen atoms in total. The van der Waals surface area contributed by atoms with Crippen LogP contribution in [0.2, 0.25) is 0 Å². The summed E-state index contributed by atoms with van der Waals surface area (Å²) in [5.41, 5.74) is 0. The van der Waals surface area contributed by atoms with Gasteiger partial charge in [-0.2, -0.15) is 0 Å². The molecule has 1 aromatic carbocycles. The first-order valence-electron chi connectivity index (χ1n) is 10.3. The highest BCUT2D eigenvalue weighted by atomic mass is 16.7. The Bertz CT molecular complexity index is 738. The maximum absolute atomic E-state index is 13.1. The first kappa shape index (κ1) is 18.9. The largest absolute Gasteiger partial charge is 0.481 e. The number of amides is 2. The van der Waals surface area contributed by atoms with Gasteiger partial charge in [0.15, 0.2) is 17.6 Å². The van der Waals surface area contributed by atoms with Gasteiger partial charge in [-0.1, -0.05) is 0 Å². The lowest BCUT2D eigenvalue weighted by molar-refractivity contribution is -0.142. The maximum Gasteiger partial charge on any atom is 0.263 e. The molecule has 3 aliphatic rings. The fourth-order valence-corrected chi connectivity index (χ4v) is 4.27. The van der Waals surface area contributed by atoms with Gasteiger partial charge < -0.3 is 24.0 Å². The van der Waals surface area contributed by atoms with Crippen LogP contribution in [0.5, 0.6) is 17.2 Å². The summed E-state index contributed by atoms with van der Waals surface area (Å²) < 4.78 is 16.6. The highest BCUT2D eigenvalue weighted by Gasteiger charge is 2.32. The Morgan fingerprint density at radius 2 is 2.07 bits per heavy atom. The van der Waals surface area contributed by atoms with Crippen molar-refractivity contribution in [2.45, 2.75) is 57.6 Å². The van der Waals surface area contributed by atoms with Crippen molar-refractivity contribution in [3.63, 3.8) is 0 Å². The van der Waals surface area contributed by atoms with Crippen molar-refractivity contribution < 1.29 is 23.8 Å². The Morgan fingerprint density at radius 1 is 1.21 bits per heavy atom. The quantitative estimate of drug-likeness (QED) is 0.749. The molecule has 152 valence electrons. The van der Waals surface area contributed by atoms with Crippen molar-refractivity contribution in [2.75, 3.05) is 26.4 Å². The zero-order chi connectivity index (χ0) is 19.5. The third-order valence-electron chi connectivity index (χ3n) is 5.82. The van der Waals surface area contributed by atoms with Crippen molar-refractivity contribution in [2.24, 2.45) is 0 Å². The number of rotatable bonds is 6. The average molecular weight is 388 g/mol. The summed E-state index contributed by atoms with van der Waals surface area (Å²) in [4.78, 5) is 28.8. The van der Waals surface area contributed by atoms with Gasteiger partial charge in [0.25, 0.3) is 5.91 Å². The zero-order valence-corrected chi connectivity index (χ0v) is 16.4. The lowest BCUT2D eigenvalue weighted by Crippen LogP contribution is -2.49. The molecule has 0 unspecified atom stereocenters. The summed E-state index contributed by atoms with van der Waals surface area (Å²) in [7, 11) is 0. The summed E-state index contributed by atoms with van der Waals surface area (Å²) >= 11 is 0. The van der Waals surface area contributed by atoms with Crippen LogP contribution in [0, 0.1) is 0 Å². The molecule has 2 atom stereocenters. The van der Waals surface area contributed by atoms with E-state index in [1.807, 2.05) is 9.80 Å². The Hall–Kier alpha value is -2.44. The molecule has 0 spiro atoms.